The largest absolute Gasteiger partial charge is 1.00 e. The van der Waals surface area contributed by atoms with Crippen LogP contribution in [0, 0.1) is 6.92 Å². The van der Waals surface area contributed by atoms with Crippen LogP contribution < -0.4 is 43.7 Å². The fourth-order valence-corrected chi connectivity index (χ4v) is 2.11. The minimum atomic E-state index is -4.80. The van der Waals surface area contributed by atoms with Crippen molar-refractivity contribution in [3.8, 4) is 11.5 Å². The molecule has 0 saturated heterocycles. The van der Waals surface area contributed by atoms with Crippen LogP contribution >= 0.6 is 7.60 Å². The van der Waals surface area contributed by atoms with Crippen molar-refractivity contribution in [2.24, 2.45) is 0 Å². The number of benzene rings is 2. The number of carbonyl (C=O) groups excluding carboxylic acids is 1. The Bertz CT molecular complexity index is 642. The Morgan fingerprint density at radius 2 is 1.57 bits per heavy atom. The van der Waals surface area contributed by atoms with Gasteiger partial charge in [-0.15, -0.1) is 0 Å². The normalized spacial score (nSPS) is 12.7. The van der Waals surface area contributed by atoms with Crippen LogP contribution in [0.2, 0.25) is 0 Å². The maximum absolute atomic E-state index is 11.7. The summed E-state index contributed by atoms with van der Waals surface area (Å²) in [5.41, 5.74) is -0.478. The van der Waals surface area contributed by atoms with Crippen molar-refractivity contribution in [3.63, 3.8) is 0 Å². The molecular weight excluding hydrogens is 302 g/mol. The van der Waals surface area contributed by atoms with E-state index < -0.39 is 13.3 Å². The van der Waals surface area contributed by atoms with Crippen LogP contribution in [-0.2, 0) is 4.57 Å². The van der Waals surface area contributed by atoms with Gasteiger partial charge in [0.25, 0.3) is 7.60 Å². The van der Waals surface area contributed by atoms with Crippen LogP contribution in [-0.4, -0.2) is 5.71 Å². The first-order valence-electron chi connectivity index (χ1n) is 5.82. The summed E-state index contributed by atoms with van der Waals surface area (Å²) in [6, 6.07) is 14.2. The quantitative estimate of drug-likeness (QED) is 0.592. The van der Waals surface area contributed by atoms with Gasteiger partial charge in [-0.2, -0.15) is 0 Å². The number of rotatable bonds is 4. The van der Waals surface area contributed by atoms with E-state index in [1.807, 2.05) is 6.92 Å². The Kier molecular flexibility index (Phi) is 6.65. The molecule has 0 heterocycles. The molecule has 0 aliphatic heterocycles. The van der Waals surface area contributed by atoms with Gasteiger partial charge in [-0.3, -0.25) is 4.57 Å². The van der Waals surface area contributed by atoms with Crippen molar-refractivity contribution in [2.75, 3.05) is 0 Å². The summed E-state index contributed by atoms with van der Waals surface area (Å²) in [5, 5.41) is 0. The van der Waals surface area contributed by atoms with E-state index in [1.54, 1.807) is 30.3 Å². The Hall–Kier alpha value is -1.10. The molecule has 7 heteroatoms. The molecule has 2 aromatic rings. The second-order valence-electron chi connectivity index (χ2n) is 4.08. The Labute approximate surface area is 144 Å². The van der Waals surface area contributed by atoms with Crippen molar-refractivity contribution in [1.82, 2.24) is 0 Å². The van der Waals surface area contributed by atoms with Crippen molar-refractivity contribution in [1.29, 1.82) is 0 Å². The molecule has 0 bridgehead atoms. The molecule has 0 saturated carbocycles. The number of hydrogen-bond acceptors (Lipinski definition) is 5. The summed E-state index contributed by atoms with van der Waals surface area (Å²) in [6.07, 6.45) is 0. The van der Waals surface area contributed by atoms with Crippen LogP contribution in [0.25, 0.3) is 0 Å². The Morgan fingerprint density at radius 3 is 2.14 bits per heavy atom. The molecule has 2 aromatic carbocycles. The summed E-state index contributed by atoms with van der Waals surface area (Å²) in [5.74, 6) is 0.208. The van der Waals surface area contributed by atoms with E-state index in [0.29, 0.717) is 0 Å². The third-order valence-corrected chi connectivity index (χ3v) is 3.41. The Balaban J connectivity index is 0.00000220. The predicted octanol–water partition coefficient (Wildman–Crippen LogP) is 0.130. The summed E-state index contributed by atoms with van der Waals surface area (Å²) in [7, 11) is -4.80. The van der Waals surface area contributed by atoms with E-state index in [4.69, 9.17) is 9.26 Å². The van der Waals surface area contributed by atoms with Gasteiger partial charge in [0.05, 0.1) is 0 Å². The molecular formula is C14H12NaO5P. The average Bonchev–Trinajstić information content (AvgIpc) is 2.42. The van der Waals surface area contributed by atoms with Gasteiger partial charge in [-0.1, -0.05) is 35.9 Å². The first-order valence-corrected chi connectivity index (χ1v) is 7.36. The standard InChI is InChI=1S/C14H13O5P.Na/c1-11-7-9-13(10-8-11)19-20(16,17)14(15)18-12-5-3-2-4-6-12;/h2-10H,1H3,(H,16,17);/q;+1/p-1. The molecule has 0 spiro atoms. The van der Waals surface area contributed by atoms with Gasteiger partial charge in [0.15, 0.2) is 0 Å². The second-order valence-corrected chi connectivity index (χ2v) is 5.63. The van der Waals surface area contributed by atoms with E-state index in [9.17, 15) is 14.3 Å². The molecule has 0 aromatic heterocycles. The first kappa shape index (κ1) is 18.0. The van der Waals surface area contributed by atoms with Crippen molar-refractivity contribution in [3.05, 3.63) is 60.2 Å². The molecule has 0 N–H and O–H groups in total. The molecule has 1 atom stereocenters. The van der Waals surface area contributed by atoms with E-state index in [1.165, 1.54) is 24.3 Å². The molecule has 0 radical (unpaired) electrons. The maximum atomic E-state index is 11.7. The monoisotopic (exact) mass is 314 g/mol. The third-order valence-electron chi connectivity index (χ3n) is 2.42. The van der Waals surface area contributed by atoms with Gasteiger partial charge in [-0.25, -0.2) is 4.79 Å². The number of hydrogen-bond donors (Lipinski definition) is 0. The van der Waals surface area contributed by atoms with E-state index >= 15 is 0 Å². The second kappa shape index (κ2) is 7.78. The van der Waals surface area contributed by atoms with Gasteiger partial charge >= 0.3 is 35.3 Å². The molecule has 104 valence electrons. The van der Waals surface area contributed by atoms with E-state index in [0.717, 1.165) is 5.56 Å². The molecule has 0 amide bonds. The van der Waals surface area contributed by atoms with Crippen molar-refractivity contribution in [2.45, 2.75) is 6.92 Å². The maximum Gasteiger partial charge on any atom is 1.00 e. The topological polar surface area (TPSA) is 75.7 Å². The van der Waals surface area contributed by atoms with E-state index in [-0.39, 0.29) is 41.1 Å². The van der Waals surface area contributed by atoms with Gasteiger partial charge < -0.3 is 14.2 Å². The van der Waals surface area contributed by atoms with Crippen molar-refractivity contribution < 1.29 is 53.1 Å². The zero-order valence-corrected chi connectivity index (χ0v) is 14.6. The van der Waals surface area contributed by atoms with Crippen LogP contribution in [0.3, 0.4) is 0 Å². The Morgan fingerprint density at radius 1 is 1.00 bits per heavy atom. The zero-order chi connectivity index (χ0) is 14.6. The fraction of sp³-hybridized carbons (Fsp3) is 0.0714. The molecule has 21 heavy (non-hydrogen) atoms. The van der Waals surface area contributed by atoms with Crippen LogP contribution in [0.15, 0.2) is 54.6 Å². The van der Waals surface area contributed by atoms with Gasteiger partial charge in [-0.05, 0) is 31.2 Å². The first-order chi connectivity index (χ1) is 9.47. The summed E-state index contributed by atoms with van der Waals surface area (Å²) in [4.78, 5) is 23.3. The number of para-hydroxylation sites is 1. The number of ether oxygens (including phenoxy) is 1. The van der Waals surface area contributed by atoms with Crippen LogP contribution in [0.4, 0.5) is 4.79 Å². The van der Waals surface area contributed by atoms with Gasteiger partial charge in [0.1, 0.15) is 11.5 Å². The molecule has 0 aliphatic rings. The molecule has 0 aliphatic carbocycles. The smallest absolute Gasteiger partial charge is 0.761 e. The molecule has 0 fully saturated rings. The van der Waals surface area contributed by atoms with Crippen LogP contribution in [0.1, 0.15) is 5.56 Å². The summed E-state index contributed by atoms with van der Waals surface area (Å²) < 4.78 is 21.2. The number of carbonyl (C=O) groups is 1. The predicted molar refractivity (Wildman–Crippen MR) is 71.9 cm³/mol. The molecule has 1 unspecified atom stereocenters. The van der Waals surface area contributed by atoms with Gasteiger partial charge in [0.2, 0.25) is 0 Å². The minimum absolute atomic E-state index is 0. The van der Waals surface area contributed by atoms with Crippen LogP contribution in [0.5, 0.6) is 11.5 Å². The summed E-state index contributed by atoms with van der Waals surface area (Å²) in [6.45, 7) is 1.85. The minimum Gasteiger partial charge on any atom is -0.761 e. The van der Waals surface area contributed by atoms with Gasteiger partial charge in [0, 0.05) is 0 Å². The summed E-state index contributed by atoms with van der Waals surface area (Å²) >= 11 is 0. The zero-order valence-electron chi connectivity index (χ0n) is 11.7. The van der Waals surface area contributed by atoms with Crippen molar-refractivity contribution >= 4 is 13.3 Å². The SMILES string of the molecule is Cc1ccc(OP(=O)([O-])C(=O)Oc2ccccc2)cc1.[Na+]. The number of aryl methyl sites for hydroxylation is 1. The third kappa shape index (κ3) is 5.30. The molecule has 2 rings (SSSR count). The molecule has 5 nitrogen and oxygen atoms in total. The van der Waals surface area contributed by atoms with E-state index in [2.05, 4.69) is 0 Å². The average molecular weight is 314 g/mol. The fourth-order valence-electron chi connectivity index (χ4n) is 1.42.